The predicted octanol–water partition coefficient (Wildman–Crippen LogP) is 4.68. The van der Waals surface area contributed by atoms with Crippen LogP contribution in [0.25, 0.3) is 21.3 Å². The summed E-state index contributed by atoms with van der Waals surface area (Å²) < 4.78 is 0. The number of amides is 2. The number of anilines is 1. The third kappa shape index (κ3) is 3.55. The second-order valence-electron chi connectivity index (χ2n) is 5.72. The molecule has 0 unspecified atom stereocenters. The summed E-state index contributed by atoms with van der Waals surface area (Å²) in [5.74, 6) is 0. The fourth-order valence-electron chi connectivity index (χ4n) is 2.67. The van der Waals surface area contributed by atoms with Gasteiger partial charge in [0.05, 0.1) is 17.9 Å². The van der Waals surface area contributed by atoms with Crippen LogP contribution >= 0.6 is 11.3 Å². The standard InChI is InChI=1S/C20H16N4OS/c25-20(24-18-8-4-7-15-11-21-10-9-17(15)18)22-12-16-13-26-19(23-16)14-5-2-1-3-6-14/h1-11,13H,12H2,(H2,22,24,25). The number of hydrogen-bond acceptors (Lipinski definition) is 4. The largest absolute Gasteiger partial charge is 0.332 e. The Morgan fingerprint density at radius 2 is 1.92 bits per heavy atom. The van der Waals surface area contributed by atoms with E-state index in [1.807, 2.05) is 60.0 Å². The van der Waals surface area contributed by atoms with E-state index >= 15 is 0 Å². The van der Waals surface area contributed by atoms with Crippen LogP contribution in [-0.2, 0) is 6.54 Å². The molecule has 0 saturated carbocycles. The number of aromatic nitrogens is 2. The molecule has 0 saturated heterocycles. The lowest BCUT2D eigenvalue weighted by Crippen LogP contribution is -2.28. The maximum absolute atomic E-state index is 12.2. The number of benzene rings is 2. The van der Waals surface area contributed by atoms with Crippen molar-refractivity contribution in [3.8, 4) is 10.6 Å². The molecule has 4 rings (SSSR count). The summed E-state index contributed by atoms with van der Waals surface area (Å²) >= 11 is 1.57. The second kappa shape index (κ2) is 7.33. The molecule has 0 fully saturated rings. The van der Waals surface area contributed by atoms with Gasteiger partial charge in [0, 0.05) is 34.1 Å². The zero-order valence-electron chi connectivity index (χ0n) is 13.8. The van der Waals surface area contributed by atoms with E-state index < -0.39 is 0 Å². The van der Waals surface area contributed by atoms with Crippen molar-refractivity contribution in [1.29, 1.82) is 0 Å². The number of hydrogen-bond donors (Lipinski definition) is 2. The fraction of sp³-hybridized carbons (Fsp3) is 0.0500. The molecule has 2 aromatic carbocycles. The first-order valence-electron chi connectivity index (χ1n) is 8.17. The molecule has 0 spiro atoms. The van der Waals surface area contributed by atoms with Gasteiger partial charge in [-0.05, 0) is 12.1 Å². The Bertz CT molecular complexity index is 1040. The molecule has 0 bridgehead atoms. The highest BCUT2D eigenvalue weighted by Crippen LogP contribution is 2.24. The van der Waals surface area contributed by atoms with Crippen molar-refractivity contribution in [3.05, 3.63) is 78.1 Å². The number of rotatable bonds is 4. The van der Waals surface area contributed by atoms with Crippen molar-refractivity contribution in [3.63, 3.8) is 0 Å². The monoisotopic (exact) mass is 360 g/mol. The molecule has 4 aromatic rings. The quantitative estimate of drug-likeness (QED) is 0.555. The van der Waals surface area contributed by atoms with Crippen LogP contribution < -0.4 is 10.6 Å². The van der Waals surface area contributed by atoms with Gasteiger partial charge in [-0.15, -0.1) is 11.3 Å². The van der Waals surface area contributed by atoms with Crippen LogP contribution in [0.3, 0.4) is 0 Å². The minimum atomic E-state index is -0.261. The molecule has 128 valence electrons. The van der Waals surface area contributed by atoms with Gasteiger partial charge in [-0.25, -0.2) is 9.78 Å². The molecule has 0 aliphatic heterocycles. The molecule has 26 heavy (non-hydrogen) atoms. The maximum Gasteiger partial charge on any atom is 0.319 e. The van der Waals surface area contributed by atoms with Crippen LogP contribution in [0.15, 0.2) is 72.4 Å². The molecular weight excluding hydrogens is 344 g/mol. The summed E-state index contributed by atoms with van der Waals surface area (Å²) in [7, 11) is 0. The van der Waals surface area contributed by atoms with Crippen molar-refractivity contribution in [1.82, 2.24) is 15.3 Å². The number of carbonyl (C=O) groups is 1. The normalized spacial score (nSPS) is 10.6. The number of fused-ring (bicyclic) bond motifs is 1. The smallest absolute Gasteiger partial charge is 0.319 e. The van der Waals surface area contributed by atoms with Crippen LogP contribution in [0.4, 0.5) is 10.5 Å². The van der Waals surface area contributed by atoms with E-state index in [0.29, 0.717) is 6.54 Å². The topological polar surface area (TPSA) is 66.9 Å². The van der Waals surface area contributed by atoms with E-state index in [2.05, 4.69) is 20.6 Å². The van der Waals surface area contributed by atoms with E-state index in [9.17, 15) is 4.79 Å². The van der Waals surface area contributed by atoms with Crippen molar-refractivity contribution in [2.24, 2.45) is 0 Å². The Labute approximate surface area is 154 Å². The van der Waals surface area contributed by atoms with Crippen molar-refractivity contribution >= 4 is 33.8 Å². The van der Waals surface area contributed by atoms with Crippen molar-refractivity contribution in [2.75, 3.05) is 5.32 Å². The molecule has 6 heteroatoms. The number of nitrogens with one attached hydrogen (secondary N) is 2. The fourth-order valence-corrected chi connectivity index (χ4v) is 3.50. The molecule has 0 aliphatic carbocycles. The Kier molecular flexibility index (Phi) is 4.57. The first kappa shape index (κ1) is 16.2. The third-order valence-electron chi connectivity index (χ3n) is 3.93. The summed E-state index contributed by atoms with van der Waals surface area (Å²) in [6.45, 7) is 0.376. The summed E-state index contributed by atoms with van der Waals surface area (Å²) in [4.78, 5) is 20.9. The third-order valence-corrected chi connectivity index (χ3v) is 4.87. The Morgan fingerprint density at radius 1 is 1.04 bits per heavy atom. The van der Waals surface area contributed by atoms with Gasteiger partial charge in [-0.3, -0.25) is 4.98 Å². The Hall–Kier alpha value is -3.25. The first-order chi connectivity index (χ1) is 12.8. The van der Waals surface area contributed by atoms with Crippen molar-refractivity contribution < 1.29 is 4.79 Å². The Morgan fingerprint density at radius 3 is 2.81 bits per heavy atom. The predicted molar refractivity (Wildman–Crippen MR) is 105 cm³/mol. The lowest BCUT2D eigenvalue weighted by molar-refractivity contribution is 0.251. The summed E-state index contributed by atoms with van der Waals surface area (Å²) in [6.07, 6.45) is 3.49. The summed E-state index contributed by atoms with van der Waals surface area (Å²) in [5, 5.41) is 10.6. The molecule has 2 amide bonds. The highest BCUT2D eigenvalue weighted by molar-refractivity contribution is 7.13. The van der Waals surface area contributed by atoms with Gasteiger partial charge in [-0.2, -0.15) is 0 Å². The maximum atomic E-state index is 12.2. The molecule has 2 heterocycles. The average Bonchev–Trinajstić information content (AvgIpc) is 3.17. The molecular formula is C20H16N4OS. The molecule has 0 radical (unpaired) electrons. The molecule has 0 aliphatic rings. The van der Waals surface area contributed by atoms with Gasteiger partial charge in [-0.1, -0.05) is 42.5 Å². The van der Waals surface area contributed by atoms with E-state index in [1.165, 1.54) is 0 Å². The van der Waals surface area contributed by atoms with E-state index in [1.54, 1.807) is 23.7 Å². The molecule has 2 N–H and O–H groups in total. The number of urea groups is 1. The minimum Gasteiger partial charge on any atom is -0.332 e. The van der Waals surface area contributed by atoms with Gasteiger partial charge in [0.2, 0.25) is 0 Å². The van der Waals surface area contributed by atoms with E-state index in [0.717, 1.165) is 32.7 Å². The van der Waals surface area contributed by atoms with Crippen LogP contribution in [0.2, 0.25) is 0 Å². The summed E-state index contributed by atoms with van der Waals surface area (Å²) in [5.41, 5.74) is 2.68. The van der Waals surface area contributed by atoms with Crippen LogP contribution in [0, 0.1) is 0 Å². The molecule has 5 nitrogen and oxygen atoms in total. The van der Waals surface area contributed by atoms with Gasteiger partial charge in [0.25, 0.3) is 0 Å². The van der Waals surface area contributed by atoms with E-state index in [4.69, 9.17) is 0 Å². The number of thiazole rings is 1. The second-order valence-corrected chi connectivity index (χ2v) is 6.58. The highest BCUT2D eigenvalue weighted by atomic mass is 32.1. The molecule has 0 atom stereocenters. The highest BCUT2D eigenvalue weighted by Gasteiger charge is 2.08. The lowest BCUT2D eigenvalue weighted by Gasteiger charge is -2.09. The summed E-state index contributed by atoms with van der Waals surface area (Å²) in [6, 6.07) is 17.4. The van der Waals surface area contributed by atoms with Crippen molar-refractivity contribution in [2.45, 2.75) is 6.54 Å². The Balaban J connectivity index is 1.41. The number of pyridine rings is 1. The zero-order chi connectivity index (χ0) is 17.8. The molecule has 2 aromatic heterocycles. The van der Waals surface area contributed by atoms with Gasteiger partial charge < -0.3 is 10.6 Å². The SMILES string of the molecule is O=C(NCc1csc(-c2ccccc2)n1)Nc1cccc2cnccc12. The van der Waals surface area contributed by atoms with Crippen LogP contribution in [0.5, 0.6) is 0 Å². The minimum absolute atomic E-state index is 0.261. The van der Waals surface area contributed by atoms with E-state index in [-0.39, 0.29) is 6.03 Å². The first-order valence-corrected chi connectivity index (χ1v) is 9.05. The lowest BCUT2D eigenvalue weighted by atomic mass is 10.1. The zero-order valence-corrected chi connectivity index (χ0v) is 14.7. The van der Waals surface area contributed by atoms with Crippen LogP contribution in [-0.4, -0.2) is 16.0 Å². The number of carbonyl (C=O) groups excluding carboxylic acids is 1. The van der Waals surface area contributed by atoms with Crippen LogP contribution in [0.1, 0.15) is 5.69 Å². The van der Waals surface area contributed by atoms with Gasteiger partial charge in [0.1, 0.15) is 5.01 Å². The number of nitrogens with zero attached hydrogens (tertiary/aromatic N) is 2. The van der Waals surface area contributed by atoms with Gasteiger partial charge >= 0.3 is 6.03 Å². The van der Waals surface area contributed by atoms with Gasteiger partial charge in [0.15, 0.2) is 0 Å². The average molecular weight is 360 g/mol.